The number of nitrogens with one attached hydrogen (secondary N) is 2. The summed E-state index contributed by atoms with van der Waals surface area (Å²) in [4.78, 5) is 17.3. The Hall–Kier alpha value is -2.34. The fourth-order valence-electron chi connectivity index (χ4n) is 4.28. The van der Waals surface area contributed by atoms with E-state index in [1.807, 2.05) is 12.1 Å². The van der Waals surface area contributed by atoms with Crippen LogP contribution in [-0.2, 0) is 11.8 Å². The van der Waals surface area contributed by atoms with Crippen LogP contribution in [-0.4, -0.2) is 28.0 Å². The van der Waals surface area contributed by atoms with Gasteiger partial charge in [-0.15, -0.1) is 24.8 Å². The molecule has 3 heterocycles. The number of fused-ring (bicyclic) bond motifs is 4. The van der Waals surface area contributed by atoms with Crippen LogP contribution in [0.25, 0.3) is 33.2 Å². The fourth-order valence-corrected chi connectivity index (χ4v) is 4.28. The molecule has 0 spiro atoms. The molecule has 0 bridgehead atoms. The molecule has 7 heteroatoms. The van der Waals surface area contributed by atoms with Crippen molar-refractivity contribution in [3.8, 4) is 11.4 Å². The molecule has 3 aliphatic rings. The van der Waals surface area contributed by atoms with Crippen molar-refractivity contribution in [2.24, 2.45) is 7.05 Å². The van der Waals surface area contributed by atoms with E-state index in [0.717, 1.165) is 47.4 Å². The SMILES string of the molecule is Cc1c2c3cc(NC(=O)[C@H]4CCCN4)ccc3nc-2n(C)c2ccccc12.Cl.Cl. The predicted octanol–water partition coefficient (Wildman–Crippen LogP) is 4.67. The van der Waals surface area contributed by atoms with Crippen molar-refractivity contribution in [3.63, 3.8) is 0 Å². The van der Waals surface area contributed by atoms with Crippen molar-refractivity contribution in [3.05, 3.63) is 48.0 Å². The first kappa shape index (κ1) is 21.4. The summed E-state index contributed by atoms with van der Waals surface area (Å²) in [5.74, 6) is 1.02. The van der Waals surface area contributed by atoms with Crippen molar-refractivity contribution in [2.45, 2.75) is 25.8 Å². The zero-order chi connectivity index (χ0) is 18.5. The summed E-state index contributed by atoms with van der Waals surface area (Å²) in [6.45, 7) is 3.07. The third-order valence-electron chi connectivity index (χ3n) is 5.72. The number of anilines is 1. The summed E-state index contributed by atoms with van der Waals surface area (Å²) in [6, 6.07) is 14.3. The van der Waals surface area contributed by atoms with Gasteiger partial charge in [-0.3, -0.25) is 4.79 Å². The maximum atomic E-state index is 12.5. The quantitative estimate of drug-likeness (QED) is 0.485. The van der Waals surface area contributed by atoms with Crippen LogP contribution in [0.4, 0.5) is 5.69 Å². The van der Waals surface area contributed by atoms with Crippen LogP contribution in [0.3, 0.4) is 0 Å². The van der Waals surface area contributed by atoms with Crippen molar-refractivity contribution in [1.82, 2.24) is 14.9 Å². The Balaban J connectivity index is 0.00000120. The molecule has 1 saturated heterocycles. The largest absolute Gasteiger partial charge is 0.328 e. The molecule has 5 nitrogen and oxygen atoms in total. The van der Waals surface area contributed by atoms with Crippen molar-refractivity contribution in [1.29, 1.82) is 0 Å². The second-order valence-corrected chi connectivity index (χ2v) is 7.38. The first-order valence-electron chi connectivity index (χ1n) is 9.45. The van der Waals surface area contributed by atoms with E-state index in [1.165, 1.54) is 16.5 Å². The van der Waals surface area contributed by atoms with Gasteiger partial charge in [-0.2, -0.15) is 0 Å². The van der Waals surface area contributed by atoms with Crippen molar-refractivity contribution in [2.75, 3.05) is 11.9 Å². The topological polar surface area (TPSA) is 59.0 Å². The summed E-state index contributed by atoms with van der Waals surface area (Å²) >= 11 is 0. The summed E-state index contributed by atoms with van der Waals surface area (Å²) in [7, 11) is 2.06. The number of nitrogens with zero attached hydrogens (tertiary/aromatic N) is 2. The second-order valence-electron chi connectivity index (χ2n) is 7.38. The molecule has 2 N–H and O–H groups in total. The zero-order valence-electron chi connectivity index (χ0n) is 16.4. The molecule has 152 valence electrons. The first-order valence-corrected chi connectivity index (χ1v) is 9.45. The van der Waals surface area contributed by atoms with E-state index in [4.69, 9.17) is 4.98 Å². The van der Waals surface area contributed by atoms with Crippen LogP contribution in [0.15, 0.2) is 42.5 Å². The second kappa shape index (κ2) is 8.19. The van der Waals surface area contributed by atoms with E-state index >= 15 is 0 Å². The number of halogens is 2. The van der Waals surface area contributed by atoms with Gasteiger partial charge in [-0.05, 0) is 56.1 Å². The molecule has 1 atom stereocenters. The van der Waals surface area contributed by atoms with Gasteiger partial charge in [0.1, 0.15) is 5.82 Å². The monoisotopic (exact) mass is 430 g/mol. The van der Waals surface area contributed by atoms with E-state index in [2.05, 4.69) is 59.5 Å². The van der Waals surface area contributed by atoms with E-state index < -0.39 is 0 Å². The summed E-state index contributed by atoms with van der Waals surface area (Å²) in [6.07, 6.45) is 1.95. The van der Waals surface area contributed by atoms with Gasteiger partial charge in [0.15, 0.2) is 0 Å². The number of hydrogen-bond donors (Lipinski definition) is 2. The highest BCUT2D eigenvalue weighted by atomic mass is 35.5. The Kier molecular flexibility index (Phi) is 6.03. The zero-order valence-corrected chi connectivity index (χ0v) is 18.0. The van der Waals surface area contributed by atoms with E-state index in [-0.39, 0.29) is 36.8 Å². The Labute approximate surface area is 182 Å². The molecule has 0 aliphatic carbocycles. The average Bonchev–Trinajstić information content (AvgIpc) is 3.34. The number of pyridine rings is 1. The smallest absolute Gasteiger partial charge is 0.241 e. The summed E-state index contributed by atoms with van der Waals surface area (Å²) in [5, 5.41) is 8.63. The molecule has 1 fully saturated rings. The number of aryl methyl sites for hydroxylation is 2. The Morgan fingerprint density at radius 1 is 1.17 bits per heavy atom. The molecule has 2 aromatic rings. The van der Waals surface area contributed by atoms with Crippen molar-refractivity contribution < 1.29 is 4.79 Å². The van der Waals surface area contributed by atoms with Gasteiger partial charge in [0.2, 0.25) is 5.91 Å². The van der Waals surface area contributed by atoms with E-state index in [1.54, 1.807) is 0 Å². The van der Waals surface area contributed by atoms with Gasteiger partial charge < -0.3 is 15.2 Å². The summed E-state index contributed by atoms with van der Waals surface area (Å²) < 4.78 is 2.15. The molecule has 3 aliphatic heterocycles. The van der Waals surface area contributed by atoms with Gasteiger partial charge in [-0.1, -0.05) is 18.2 Å². The maximum absolute atomic E-state index is 12.5. The Morgan fingerprint density at radius 2 is 1.97 bits per heavy atom. The molecule has 5 rings (SSSR count). The molecule has 0 saturated carbocycles. The standard InChI is InChI=1S/C22H22N4O.2ClH/c1-13-15-6-3-4-8-19(15)26(2)21-20(13)16-12-14(9-10-17(16)25-21)24-22(27)18-7-5-11-23-18;;/h3-4,6,8-10,12,18,23H,5,7,11H2,1-2H3,(H,24,27);2*1H/t18-;;/m1../s1. The number of rotatable bonds is 2. The number of amides is 1. The minimum atomic E-state index is -0.0845. The number of hydrogen-bond acceptors (Lipinski definition) is 3. The highest BCUT2D eigenvalue weighted by molar-refractivity contribution is 6.06. The third kappa shape index (κ3) is 3.44. The number of para-hydroxylation sites is 1. The Bertz CT molecular complexity index is 1160. The highest BCUT2D eigenvalue weighted by Crippen LogP contribution is 2.38. The number of carbonyl (C=O) groups excluding carboxylic acids is 1. The molecular formula is C22H24Cl2N4O. The lowest BCUT2D eigenvalue weighted by Crippen LogP contribution is -2.35. The molecular weight excluding hydrogens is 407 g/mol. The lowest BCUT2D eigenvalue weighted by molar-refractivity contribution is -0.117. The Morgan fingerprint density at radius 3 is 2.72 bits per heavy atom. The van der Waals surface area contributed by atoms with Crippen LogP contribution in [0.2, 0.25) is 0 Å². The third-order valence-corrected chi connectivity index (χ3v) is 5.72. The van der Waals surface area contributed by atoms with Crippen LogP contribution in [0.1, 0.15) is 18.4 Å². The number of aromatic nitrogens is 2. The molecule has 0 radical (unpaired) electrons. The fraction of sp³-hybridized carbons (Fsp3) is 0.273. The molecule has 1 amide bonds. The minimum Gasteiger partial charge on any atom is -0.328 e. The van der Waals surface area contributed by atoms with Crippen molar-refractivity contribution >= 4 is 58.2 Å². The molecule has 0 unspecified atom stereocenters. The van der Waals surface area contributed by atoms with Gasteiger partial charge in [0, 0.05) is 34.6 Å². The predicted molar refractivity (Wildman–Crippen MR) is 124 cm³/mol. The van der Waals surface area contributed by atoms with Gasteiger partial charge in [-0.25, -0.2) is 4.98 Å². The van der Waals surface area contributed by atoms with E-state index in [0.29, 0.717) is 0 Å². The first-order chi connectivity index (χ1) is 13.1. The number of benzene rings is 2. The van der Waals surface area contributed by atoms with Gasteiger partial charge >= 0.3 is 0 Å². The minimum absolute atomic E-state index is 0. The summed E-state index contributed by atoms with van der Waals surface area (Å²) in [5.41, 5.74) is 5.33. The van der Waals surface area contributed by atoms with E-state index in [9.17, 15) is 4.79 Å². The maximum Gasteiger partial charge on any atom is 0.241 e. The lowest BCUT2D eigenvalue weighted by Gasteiger charge is -2.15. The normalized spacial score (nSPS) is 16.0. The average molecular weight is 431 g/mol. The highest BCUT2D eigenvalue weighted by Gasteiger charge is 2.23. The van der Waals surface area contributed by atoms with Gasteiger partial charge in [0.05, 0.1) is 11.6 Å². The number of carbonyl (C=O) groups is 1. The van der Waals surface area contributed by atoms with Crippen LogP contribution in [0.5, 0.6) is 0 Å². The molecule has 2 aromatic carbocycles. The lowest BCUT2D eigenvalue weighted by atomic mass is 10.00. The van der Waals surface area contributed by atoms with Crippen LogP contribution < -0.4 is 10.6 Å². The van der Waals surface area contributed by atoms with Gasteiger partial charge in [0.25, 0.3) is 0 Å². The molecule has 0 aromatic heterocycles. The molecule has 29 heavy (non-hydrogen) atoms. The van der Waals surface area contributed by atoms with Crippen LogP contribution >= 0.6 is 24.8 Å². The van der Waals surface area contributed by atoms with Crippen LogP contribution in [0, 0.1) is 6.92 Å².